The van der Waals surface area contributed by atoms with Gasteiger partial charge in [0.2, 0.25) is 0 Å². The first-order chi connectivity index (χ1) is 8.54. The number of hydrogen-bond donors (Lipinski definition) is 1. The Morgan fingerprint density at radius 2 is 1.61 bits per heavy atom. The highest BCUT2D eigenvalue weighted by Crippen LogP contribution is 2.24. The third kappa shape index (κ3) is 7.92. The third-order valence-corrected chi connectivity index (χ3v) is 4.41. The zero-order valence-corrected chi connectivity index (χ0v) is 13.0. The van der Waals surface area contributed by atoms with Gasteiger partial charge < -0.3 is 5.11 Å². The van der Waals surface area contributed by atoms with Gasteiger partial charge in [-0.1, -0.05) is 65.9 Å². The van der Waals surface area contributed by atoms with Crippen LogP contribution in [0.15, 0.2) is 12.7 Å². The molecule has 4 atom stereocenters. The first-order valence-corrected chi connectivity index (χ1v) is 7.78. The SMILES string of the molecule is C=CC(CCC(C)CCCC(C)CC)C(C)CO. The van der Waals surface area contributed by atoms with Crippen LogP contribution in [0.3, 0.4) is 0 Å². The molecule has 0 radical (unpaired) electrons. The zero-order valence-electron chi connectivity index (χ0n) is 13.0. The molecule has 0 aliphatic carbocycles. The lowest BCUT2D eigenvalue weighted by Crippen LogP contribution is -2.14. The quantitative estimate of drug-likeness (QED) is 0.512. The molecular weight excluding hydrogens is 220 g/mol. The summed E-state index contributed by atoms with van der Waals surface area (Å²) in [5, 5.41) is 9.18. The van der Waals surface area contributed by atoms with Crippen molar-refractivity contribution in [2.75, 3.05) is 6.61 Å². The lowest BCUT2D eigenvalue weighted by molar-refractivity contribution is 0.197. The molecule has 0 saturated heterocycles. The molecule has 0 aromatic heterocycles. The molecule has 0 heterocycles. The Morgan fingerprint density at radius 1 is 1.00 bits per heavy atom. The van der Waals surface area contributed by atoms with Gasteiger partial charge in [-0.25, -0.2) is 0 Å². The predicted molar refractivity (Wildman–Crippen MR) is 81.6 cm³/mol. The van der Waals surface area contributed by atoms with Crippen LogP contribution < -0.4 is 0 Å². The topological polar surface area (TPSA) is 20.2 Å². The fourth-order valence-electron chi connectivity index (χ4n) is 2.41. The van der Waals surface area contributed by atoms with Gasteiger partial charge in [0.15, 0.2) is 0 Å². The minimum absolute atomic E-state index is 0.277. The van der Waals surface area contributed by atoms with Crippen molar-refractivity contribution in [2.45, 2.75) is 66.2 Å². The molecule has 0 saturated carbocycles. The van der Waals surface area contributed by atoms with Crippen molar-refractivity contribution < 1.29 is 5.11 Å². The van der Waals surface area contributed by atoms with Crippen molar-refractivity contribution in [3.05, 3.63) is 12.7 Å². The van der Waals surface area contributed by atoms with Crippen molar-refractivity contribution in [2.24, 2.45) is 23.7 Å². The van der Waals surface area contributed by atoms with Crippen LogP contribution in [0.5, 0.6) is 0 Å². The maximum absolute atomic E-state index is 9.18. The van der Waals surface area contributed by atoms with Gasteiger partial charge in [0.25, 0.3) is 0 Å². The Balaban J connectivity index is 3.74. The average molecular weight is 254 g/mol. The summed E-state index contributed by atoms with van der Waals surface area (Å²) >= 11 is 0. The fraction of sp³-hybridized carbons (Fsp3) is 0.882. The van der Waals surface area contributed by atoms with E-state index in [4.69, 9.17) is 0 Å². The highest BCUT2D eigenvalue weighted by molar-refractivity contribution is 4.83. The molecule has 0 aromatic rings. The molecule has 108 valence electrons. The summed E-state index contributed by atoms with van der Waals surface area (Å²) in [5.41, 5.74) is 0. The minimum atomic E-state index is 0.277. The monoisotopic (exact) mass is 254 g/mol. The molecule has 0 aliphatic rings. The second-order valence-corrected chi connectivity index (χ2v) is 6.19. The standard InChI is InChI=1S/C17H34O/c1-6-14(3)9-8-10-15(4)11-12-17(7-2)16(5)13-18/h7,14-18H,2,6,8-13H2,1,3-5H3. The van der Waals surface area contributed by atoms with Gasteiger partial charge in [-0.3, -0.25) is 0 Å². The van der Waals surface area contributed by atoms with Crippen LogP contribution in [0.2, 0.25) is 0 Å². The Labute approximate surface area is 115 Å². The van der Waals surface area contributed by atoms with E-state index < -0.39 is 0 Å². The van der Waals surface area contributed by atoms with E-state index in [0.29, 0.717) is 11.8 Å². The smallest absolute Gasteiger partial charge is 0.0462 e. The van der Waals surface area contributed by atoms with E-state index in [0.717, 1.165) is 11.8 Å². The van der Waals surface area contributed by atoms with Gasteiger partial charge >= 0.3 is 0 Å². The summed E-state index contributed by atoms with van der Waals surface area (Å²) in [6.07, 6.45) is 9.86. The predicted octanol–water partition coefficient (Wildman–Crippen LogP) is 5.05. The largest absolute Gasteiger partial charge is 0.396 e. The van der Waals surface area contributed by atoms with Gasteiger partial charge in [0.05, 0.1) is 0 Å². The Kier molecular flexibility index (Phi) is 10.4. The highest BCUT2D eigenvalue weighted by atomic mass is 16.3. The van der Waals surface area contributed by atoms with E-state index in [2.05, 4.69) is 34.3 Å². The lowest BCUT2D eigenvalue weighted by Gasteiger charge is -2.21. The second kappa shape index (κ2) is 10.6. The Morgan fingerprint density at radius 3 is 2.11 bits per heavy atom. The van der Waals surface area contributed by atoms with Crippen LogP contribution in [0.4, 0.5) is 0 Å². The van der Waals surface area contributed by atoms with Crippen LogP contribution in [0.1, 0.15) is 66.2 Å². The van der Waals surface area contributed by atoms with Crippen LogP contribution >= 0.6 is 0 Å². The van der Waals surface area contributed by atoms with Crippen molar-refractivity contribution >= 4 is 0 Å². The number of hydrogen-bond acceptors (Lipinski definition) is 1. The molecule has 1 N–H and O–H groups in total. The minimum Gasteiger partial charge on any atom is -0.396 e. The lowest BCUT2D eigenvalue weighted by atomic mass is 9.86. The number of aliphatic hydroxyl groups excluding tert-OH is 1. The molecule has 0 rings (SSSR count). The summed E-state index contributed by atoms with van der Waals surface area (Å²) < 4.78 is 0. The van der Waals surface area contributed by atoms with Crippen molar-refractivity contribution in [1.29, 1.82) is 0 Å². The summed E-state index contributed by atoms with van der Waals surface area (Å²) in [6.45, 7) is 13.3. The van der Waals surface area contributed by atoms with Gasteiger partial charge in [0.1, 0.15) is 0 Å². The number of aliphatic hydroxyl groups is 1. The Bertz CT molecular complexity index is 200. The van der Waals surface area contributed by atoms with Gasteiger partial charge in [-0.15, -0.1) is 6.58 Å². The van der Waals surface area contributed by atoms with E-state index in [-0.39, 0.29) is 6.61 Å². The number of allylic oxidation sites excluding steroid dienone is 1. The normalized spacial score (nSPS) is 18.1. The molecule has 1 nitrogen and oxygen atoms in total. The molecule has 0 spiro atoms. The summed E-state index contributed by atoms with van der Waals surface area (Å²) in [4.78, 5) is 0. The maximum atomic E-state index is 9.18. The highest BCUT2D eigenvalue weighted by Gasteiger charge is 2.14. The van der Waals surface area contributed by atoms with Gasteiger partial charge in [-0.2, -0.15) is 0 Å². The summed E-state index contributed by atoms with van der Waals surface area (Å²) in [5.74, 6) is 2.52. The molecule has 1 heteroatoms. The van der Waals surface area contributed by atoms with E-state index in [1.165, 1.54) is 38.5 Å². The van der Waals surface area contributed by atoms with E-state index in [9.17, 15) is 5.11 Å². The van der Waals surface area contributed by atoms with E-state index in [1.54, 1.807) is 0 Å². The first-order valence-electron chi connectivity index (χ1n) is 7.78. The van der Waals surface area contributed by atoms with E-state index >= 15 is 0 Å². The average Bonchev–Trinajstić information content (AvgIpc) is 2.38. The van der Waals surface area contributed by atoms with Crippen LogP contribution in [-0.2, 0) is 0 Å². The maximum Gasteiger partial charge on any atom is 0.0462 e. The first kappa shape index (κ1) is 17.7. The number of rotatable bonds is 11. The van der Waals surface area contributed by atoms with E-state index in [1.807, 2.05) is 6.08 Å². The van der Waals surface area contributed by atoms with Crippen molar-refractivity contribution in [3.63, 3.8) is 0 Å². The van der Waals surface area contributed by atoms with Gasteiger partial charge in [0, 0.05) is 6.61 Å². The zero-order chi connectivity index (χ0) is 14.0. The third-order valence-electron chi connectivity index (χ3n) is 4.41. The van der Waals surface area contributed by atoms with Crippen molar-refractivity contribution in [1.82, 2.24) is 0 Å². The second-order valence-electron chi connectivity index (χ2n) is 6.19. The molecular formula is C17H34O. The van der Waals surface area contributed by atoms with Crippen LogP contribution in [0, 0.1) is 23.7 Å². The molecule has 0 amide bonds. The van der Waals surface area contributed by atoms with Crippen molar-refractivity contribution in [3.8, 4) is 0 Å². The van der Waals surface area contributed by atoms with Crippen LogP contribution in [0.25, 0.3) is 0 Å². The molecule has 0 aliphatic heterocycles. The molecule has 18 heavy (non-hydrogen) atoms. The molecule has 4 unspecified atom stereocenters. The molecule has 0 aromatic carbocycles. The molecule has 0 fully saturated rings. The van der Waals surface area contributed by atoms with Crippen LogP contribution in [-0.4, -0.2) is 11.7 Å². The van der Waals surface area contributed by atoms with Gasteiger partial charge in [-0.05, 0) is 30.1 Å². The summed E-state index contributed by atoms with van der Waals surface area (Å²) in [6, 6.07) is 0. The molecule has 0 bridgehead atoms. The fourth-order valence-corrected chi connectivity index (χ4v) is 2.41. The Hall–Kier alpha value is -0.300. The summed E-state index contributed by atoms with van der Waals surface area (Å²) in [7, 11) is 0.